The normalized spacial score (nSPS) is 13.2. The highest BCUT2D eigenvalue weighted by Crippen LogP contribution is 2.28. The summed E-state index contributed by atoms with van der Waals surface area (Å²) in [6, 6.07) is 25.3. The maximum Gasteiger partial charge on any atom is 0.258 e. The van der Waals surface area contributed by atoms with Gasteiger partial charge in [0.25, 0.3) is 23.6 Å². The summed E-state index contributed by atoms with van der Waals surface area (Å²) in [5.74, 6) is -3.82. The summed E-state index contributed by atoms with van der Waals surface area (Å²) >= 11 is 24.9. The van der Waals surface area contributed by atoms with E-state index in [1.54, 1.807) is 36.4 Å². The Morgan fingerprint density at radius 3 is 1.19 bits per heavy atom. The molecule has 4 atom stereocenters. The molecule has 0 aromatic heterocycles. The van der Waals surface area contributed by atoms with Crippen LogP contribution in [0.3, 0.4) is 0 Å². The van der Waals surface area contributed by atoms with Gasteiger partial charge in [0.05, 0.1) is 22.1 Å². The van der Waals surface area contributed by atoms with Crippen LogP contribution in [0, 0.1) is 0 Å². The maximum absolute atomic E-state index is 13.2. The molecule has 4 amide bonds. The van der Waals surface area contributed by atoms with Gasteiger partial charge >= 0.3 is 0 Å². The van der Waals surface area contributed by atoms with Crippen LogP contribution in [0.4, 0.5) is 34.1 Å². The van der Waals surface area contributed by atoms with Gasteiger partial charge < -0.3 is 21.3 Å². The number of nitrogens with one attached hydrogen (secondary N) is 4. The largest absolute Gasteiger partial charge is 0.324 e. The van der Waals surface area contributed by atoms with Crippen molar-refractivity contribution in [2.45, 2.75) is 50.5 Å². The molecule has 0 spiro atoms. The minimum Gasteiger partial charge on any atom is -0.324 e. The highest BCUT2D eigenvalue weighted by Gasteiger charge is 2.25. The average molecular weight is 917 g/mol. The lowest BCUT2D eigenvalue weighted by molar-refractivity contribution is -0.127. The second kappa shape index (κ2) is 21.5. The van der Waals surface area contributed by atoms with E-state index in [1.807, 2.05) is 26.0 Å². The highest BCUT2D eigenvalue weighted by molar-refractivity contribution is 6.31. The van der Waals surface area contributed by atoms with Crippen LogP contribution in [0.25, 0.3) is 0 Å². The van der Waals surface area contributed by atoms with Gasteiger partial charge in [0.2, 0.25) is 12.1 Å². The van der Waals surface area contributed by atoms with Gasteiger partial charge in [-0.3, -0.25) is 28.8 Å². The van der Waals surface area contributed by atoms with Gasteiger partial charge in [-0.25, -0.2) is 0 Å². The Kier molecular flexibility index (Phi) is 16.2. The number of hydrogen-bond donors (Lipinski definition) is 4. The second-order valence-electron chi connectivity index (χ2n) is 13.8. The molecule has 0 saturated carbocycles. The predicted molar refractivity (Wildman–Crippen MR) is 242 cm³/mol. The predicted octanol–water partition coefficient (Wildman–Crippen LogP) is 11.5. The Hall–Kier alpha value is -6.32. The summed E-state index contributed by atoms with van der Waals surface area (Å²) in [6.07, 6.45) is 0. The number of Topliss-reactive ketones (excluding diaryl/α,β-unsaturated/α-hetero) is 2. The Morgan fingerprint density at radius 1 is 0.484 bits per heavy atom. The molecule has 0 radical (unpaired) electrons. The smallest absolute Gasteiger partial charge is 0.258 e. The van der Waals surface area contributed by atoms with E-state index in [2.05, 4.69) is 41.7 Å². The van der Waals surface area contributed by atoms with Crippen LogP contribution in [-0.2, 0) is 19.2 Å². The molecule has 5 rings (SSSR count). The second-order valence-corrected chi connectivity index (χ2v) is 16.0. The summed E-state index contributed by atoms with van der Waals surface area (Å²) in [5, 5.41) is 26.5. The van der Waals surface area contributed by atoms with E-state index in [0.29, 0.717) is 11.4 Å². The zero-order chi connectivity index (χ0) is 45.1. The standard InChI is InChI=1S/C44H38Cl4N8O6/c1-23(45)27-7-5-9-35(17-27)51-41(59)29-15-31(47)21-37(19-29)53-55-39(25(3)57)43(61)49-33-11-13-34(14-12-33)50-44(62)40(26(4)58)56-54-38-20-30(16-32(48)22-38)42(60)52-36-10-6-8-28(18-36)24(2)46/h5-24,39-40H,1-4H3,(H,49,61)(H,50,62)(H,51,59)(H,52,60). The summed E-state index contributed by atoms with van der Waals surface area (Å²) in [5.41, 5.74) is 3.70. The van der Waals surface area contributed by atoms with Crippen molar-refractivity contribution >= 4 is 116 Å². The first-order chi connectivity index (χ1) is 29.4. The van der Waals surface area contributed by atoms with E-state index < -0.39 is 47.3 Å². The number of benzene rings is 5. The molecule has 4 unspecified atom stereocenters. The van der Waals surface area contributed by atoms with E-state index in [0.717, 1.165) is 11.1 Å². The van der Waals surface area contributed by atoms with Crippen molar-refractivity contribution in [3.63, 3.8) is 0 Å². The monoisotopic (exact) mass is 914 g/mol. The number of rotatable bonds is 16. The van der Waals surface area contributed by atoms with Crippen molar-refractivity contribution < 1.29 is 28.8 Å². The zero-order valence-electron chi connectivity index (χ0n) is 33.5. The molecule has 0 aliphatic carbocycles. The van der Waals surface area contributed by atoms with Crippen LogP contribution in [0.1, 0.15) is 70.3 Å². The molecular formula is C44H38Cl4N8O6. The lowest BCUT2D eigenvalue weighted by Gasteiger charge is -2.12. The first-order valence-electron chi connectivity index (χ1n) is 18.7. The van der Waals surface area contributed by atoms with Crippen LogP contribution in [-0.4, -0.2) is 47.3 Å². The topological polar surface area (TPSA) is 200 Å². The summed E-state index contributed by atoms with van der Waals surface area (Å²) in [7, 11) is 0. The number of hydrogen-bond acceptors (Lipinski definition) is 10. The molecule has 5 aromatic rings. The summed E-state index contributed by atoms with van der Waals surface area (Å²) in [6.45, 7) is 5.96. The van der Waals surface area contributed by atoms with Crippen LogP contribution >= 0.6 is 46.4 Å². The average Bonchev–Trinajstić information content (AvgIpc) is 3.21. The molecule has 0 fully saturated rings. The highest BCUT2D eigenvalue weighted by atomic mass is 35.5. The number of anilines is 4. The van der Waals surface area contributed by atoms with Crippen LogP contribution in [0.2, 0.25) is 10.0 Å². The molecule has 4 N–H and O–H groups in total. The Labute approximate surface area is 376 Å². The van der Waals surface area contributed by atoms with E-state index in [1.165, 1.54) is 74.5 Å². The third-order valence-electron chi connectivity index (χ3n) is 8.76. The van der Waals surface area contributed by atoms with Gasteiger partial charge in [0.1, 0.15) is 0 Å². The van der Waals surface area contributed by atoms with Crippen molar-refractivity contribution in [2.24, 2.45) is 20.5 Å². The molecule has 0 aliphatic rings. The fraction of sp³-hybridized carbons (Fsp3) is 0.182. The summed E-state index contributed by atoms with van der Waals surface area (Å²) in [4.78, 5) is 77.3. The first kappa shape index (κ1) is 46.7. The number of carbonyl (C=O) groups excluding carboxylic acids is 6. The molecule has 0 heterocycles. The lowest BCUT2D eigenvalue weighted by atomic mass is 10.1. The van der Waals surface area contributed by atoms with Crippen molar-refractivity contribution in [3.05, 3.63) is 141 Å². The number of alkyl halides is 2. The number of halogens is 4. The Morgan fingerprint density at radius 2 is 0.855 bits per heavy atom. The minimum atomic E-state index is -1.56. The van der Waals surface area contributed by atoms with Crippen molar-refractivity contribution in [3.8, 4) is 0 Å². The van der Waals surface area contributed by atoms with Crippen molar-refractivity contribution in [1.82, 2.24) is 0 Å². The van der Waals surface area contributed by atoms with Crippen LogP contribution in [0.5, 0.6) is 0 Å². The number of azo groups is 2. The molecule has 5 aromatic carbocycles. The van der Waals surface area contributed by atoms with E-state index in [9.17, 15) is 28.8 Å². The van der Waals surface area contributed by atoms with Crippen LogP contribution in [0.15, 0.2) is 130 Å². The molecular weight excluding hydrogens is 878 g/mol. The van der Waals surface area contributed by atoms with E-state index in [-0.39, 0.29) is 54.7 Å². The molecule has 14 nitrogen and oxygen atoms in total. The molecule has 318 valence electrons. The number of ketones is 2. The maximum atomic E-state index is 13.2. The van der Waals surface area contributed by atoms with E-state index in [4.69, 9.17) is 46.4 Å². The van der Waals surface area contributed by atoms with Crippen molar-refractivity contribution in [2.75, 3.05) is 21.3 Å². The van der Waals surface area contributed by atoms with Gasteiger partial charge in [-0.05, 0) is 124 Å². The molecule has 0 bridgehead atoms. The Balaban J connectivity index is 1.20. The molecule has 0 saturated heterocycles. The first-order valence-corrected chi connectivity index (χ1v) is 20.3. The summed E-state index contributed by atoms with van der Waals surface area (Å²) < 4.78 is 0. The molecule has 62 heavy (non-hydrogen) atoms. The molecule has 0 aliphatic heterocycles. The van der Waals surface area contributed by atoms with Gasteiger partial charge in [0, 0.05) is 43.9 Å². The zero-order valence-corrected chi connectivity index (χ0v) is 36.5. The van der Waals surface area contributed by atoms with Gasteiger partial charge in [-0.1, -0.05) is 47.5 Å². The number of amides is 4. The fourth-order valence-electron chi connectivity index (χ4n) is 5.60. The minimum absolute atomic E-state index is 0.119. The van der Waals surface area contributed by atoms with Gasteiger partial charge in [0.15, 0.2) is 11.6 Å². The van der Waals surface area contributed by atoms with Gasteiger partial charge in [-0.15, -0.1) is 23.2 Å². The SMILES string of the molecule is CC(=O)C(N=Nc1cc(Cl)cc(C(=O)Nc2cccc(C(C)Cl)c2)c1)C(=O)Nc1ccc(NC(=O)C(N=Nc2cc(Cl)cc(C(=O)Nc3cccc(C(C)Cl)c3)c2)C(C)=O)cc1. The third kappa shape index (κ3) is 13.3. The van der Waals surface area contributed by atoms with Gasteiger partial charge in [-0.2, -0.15) is 20.5 Å². The lowest BCUT2D eigenvalue weighted by Crippen LogP contribution is -2.32. The number of carbonyl (C=O) groups is 6. The van der Waals surface area contributed by atoms with Crippen LogP contribution < -0.4 is 21.3 Å². The van der Waals surface area contributed by atoms with E-state index >= 15 is 0 Å². The fourth-order valence-corrected chi connectivity index (χ4v) is 6.33. The Bertz CT molecular complexity index is 2410. The number of nitrogens with zero attached hydrogens (tertiary/aromatic N) is 4. The van der Waals surface area contributed by atoms with Crippen molar-refractivity contribution in [1.29, 1.82) is 0 Å². The molecule has 18 heteroatoms. The third-order valence-corrected chi connectivity index (χ3v) is 9.70. The quantitative estimate of drug-likeness (QED) is 0.0431.